The Morgan fingerprint density at radius 1 is 0.500 bits per heavy atom. The molecule has 4 rings (SSSR count). The van der Waals surface area contributed by atoms with Crippen molar-refractivity contribution < 1.29 is 0 Å². The number of hydrogen-bond donors (Lipinski definition) is 0. The Bertz CT molecular complexity index is 1060. The number of benzene rings is 4. The average Bonchev–Trinajstić information content (AvgIpc) is 2.48. The van der Waals surface area contributed by atoms with Gasteiger partial charge in [0.2, 0.25) is 0 Å². The van der Waals surface area contributed by atoms with Crippen molar-refractivity contribution in [2.45, 2.75) is 41.5 Å². The minimum atomic E-state index is 1.38. The van der Waals surface area contributed by atoms with Crippen molar-refractivity contribution in [3.8, 4) is 0 Å². The highest BCUT2D eigenvalue weighted by Crippen LogP contribution is 2.43. The maximum absolute atomic E-state index is 2.38. The molecule has 0 aromatic heterocycles. The maximum atomic E-state index is 2.38. The lowest BCUT2D eigenvalue weighted by Gasteiger charge is -2.21. The third-order valence-electron chi connectivity index (χ3n) is 5.65. The van der Waals surface area contributed by atoms with Gasteiger partial charge >= 0.3 is 0 Å². The van der Waals surface area contributed by atoms with Crippen LogP contribution < -0.4 is 0 Å². The van der Waals surface area contributed by atoms with Crippen LogP contribution in [0.5, 0.6) is 0 Å². The second-order valence-electron chi connectivity index (χ2n) is 6.92. The lowest BCUT2D eigenvalue weighted by atomic mass is 9.82. The van der Waals surface area contributed by atoms with Crippen LogP contribution in [0.2, 0.25) is 0 Å². The largest absolute Gasteiger partial charge is 0.0581 e. The van der Waals surface area contributed by atoms with Crippen LogP contribution in [-0.2, 0) is 0 Å². The van der Waals surface area contributed by atoms with E-state index in [1.54, 1.807) is 0 Å². The van der Waals surface area contributed by atoms with E-state index in [2.05, 4.69) is 65.8 Å². The van der Waals surface area contributed by atoms with Gasteiger partial charge in [-0.05, 0) is 107 Å². The van der Waals surface area contributed by atoms with Crippen molar-refractivity contribution in [2.75, 3.05) is 0 Å². The van der Waals surface area contributed by atoms with Gasteiger partial charge in [0.05, 0.1) is 0 Å². The van der Waals surface area contributed by atoms with Gasteiger partial charge in [-0.15, -0.1) is 0 Å². The maximum Gasteiger partial charge on any atom is -0.00183 e. The molecule has 0 spiro atoms. The van der Waals surface area contributed by atoms with E-state index in [4.69, 9.17) is 0 Å². The van der Waals surface area contributed by atoms with Gasteiger partial charge < -0.3 is 0 Å². The molecule has 0 atom stereocenters. The molecule has 22 heavy (non-hydrogen) atoms. The molecule has 4 aromatic rings. The van der Waals surface area contributed by atoms with Gasteiger partial charge in [0.25, 0.3) is 0 Å². The summed E-state index contributed by atoms with van der Waals surface area (Å²) >= 11 is 0. The molecule has 0 heterocycles. The first-order chi connectivity index (χ1) is 10.4. The Morgan fingerprint density at radius 3 is 1.91 bits per heavy atom. The van der Waals surface area contributed by atoms with Crippen molar-refractivity contribution in [3.05, 3.63) is 57.6 Å². The molecule has 4 aromatic carbocycles. The number of hydrogen-bond acceptors (Lipinski definition) is 0. The second-order valence-corrected chi connectivity index (χ2v) is 6.92. The molecule has 0 N–H and O–H groups in total. The molecule has 0 bridgehead atoms. The Kier molecular flexibility index (Phi) is 2.61. The predicted octanol–water partition coefficient (Wildman–Crippen LogP) is 6.43. The topological polar surface area (TPSA) is 0 Å². The SMILES string of the molecule is Cc1cc2c(C)cc3ccc(C)c4c(C)c(C)c(c1C)c2c34. The van der Waals surface area contributed by atoms with Gasteiger partial charge in [-0.3, -0.25) is 0 Å². The quantitative estimate of drug-likeness (QED) is 0.326. The summed E-state index contributed by atoms with van der Waals surface area (Å²) in [6.07, 6.45) is 0. The molecule has 110 valence electrons. The van der Waals surface area contributed by atoms with Crippen LogP contribution >= 0.6 is 0 Å². The van der Waals surface area contributed by atoms with Crippen LogP contribution in [0.4, 0.5) is 0 Å². The Morgan fingerprint density at radius 2 is 1.18 bits per heavy atom. The molecule has 0 aliphatic heterocycles. The first-order valence-electron chi connectivity index (χ1n) is 8.07. The van der Waals surface area contributed by atoms with Crippen LogP contribution in [0.1, 0.15) is 33.4 Å². The van der Waals surface area contributed by atoms with Crippen LogP contribution in [0.3, 0.4) is 0 Å². The van der Waals surface area contributed by atoms with E-state index in [9.17, 15) is 0 Å². The zero-order valence-corrected chi connectivity index (χ0v) is 14.3. The van der Waals surface area contributed by atoms with Gasteiger partial charge in [0, 0.05) is 0 Å². The van der Waals surface area contributed by atoms with Gasteiger partial charge in [-0.2, -0.15) is 0 Å². The number of rotatable bonds is 0. The van der Waals surface area contributed by atoms with Crippen LogP contribution in [0.15, 0.2) is 24.3 Å². The molecular formula is C22H22. The molecule has 0 aliphatic carbocycles. The lowest BCUT2D eigenvalue weighted by molar-refractivity contribution is 1.34. The van der Waals surface area contributed by atoms with Gasteiger partial charge in [0.1, 0.15) is 0 Å². The summed E-state index contributed by atoms with van der Waals surface area (Å²) in [5.74, 6) is 0. The van der Waals surface area contributed by atoms with Crippen LogP contribution in [0.25, 0.3) is 32.3 Å². The van der Waals surface area contributed by atoms with Gasteiger partial charge in [-0.25, -0.2) is 0 Å². The fourth-order valence-corrected chi connectivity index (χ4v) is 4.24. The van der Waals surface area contributed by atoms with Crippen molar-refractivity contribution in [2.24, 2.45) is 0 Å². The summed E-state index contributed by atoms with van der Waals surface area (Å²) < 4.78 is 0. The molecule has 0 unspecified atom stereocenters. The van der Waals surface area contributed by atoms with E-state index in [1.165, 1.54) is 65.7 Å². The third-order valence-corrected chi connectivity index (χ3v) is 5.65. The predicted molar refractivity (Wildman–Crippen MR) is 98.6 cm³/mol. The third kappa shape index (κ3) is 1.48. The van der Waals surface area contributed by atoms with E-state index in [0.29, 0.717) is 0 Å². The fourth-order valence-electron chi connectivity index (χ4n) is 4.24. The highest BCUT2D eigenvalue weighted by Gasteiger charge is 2.18. The molecule has 0 nitrogen and oxygen atoms in total. The smallest absolute Gasteiger partial charge is 0.00183 e. The summed E-state index contributed by atoms with van der Waals surface area (Å²) in [7, 11) is 0. The standard InChI is InChI=1S/C22H22/c1-11-7-8-17-9-13(3)18-10-12(2)14(4)20-16(6)15(5)19(11)21(17)22(18)20/h7-10H,1-6H3. The molecular weight excluding hydrogens is 264 g/mol. The number of aryl methyl sites for hydroxylation is 6. The summed E-state index contributed by atoms with van der Waals surface area (Å²) in [6.45, 7) is 13.6. The van der Waals surface area contributed by atoms with E-state index < -0.39 is 0 Å². The van der Waals surface area contributed by atoms with E-state index in [0.717, 1.165) is 0 Å². The first-order valence-corrected chi connectivity index (χ1v) is 8.07. The zero-order chi connectivity index (χ0) is 15.8. The van der Waals surface area contributed by atoms with Crippen molar-refractivity contribution in [1.29, 1.82) is 0 Å². The summed E-state index contributed by atoms with van der Waals surface area (Å²) in [5, 5.41) is 8.66. The highest BCUT2D eigenvalue weighted by atomic mass is 14.2. The molecule has 0 fully saturated rings. The molecule has 0 aliphatic rings. The van der Waals surface area contributed by atoms with E-state index >= 15 is 0 Å². The molecule has 0 amide bonds. The Hall–Kier alpha value is -2.08. The Balaban J connectivity index is 2.54. The van der Waals surface area contributed by atoms with Gasteiger partial charge in [-0.1, -0.05) is 24.3 Å². The fraction of sp³-hybridized carbons (Fsp3) is 0.273. The van der Waals surface area contributed by atoms with Gasteiger partial charge in [0.15, 0.2) is 0 Å². The van der Waals surface area contributed by atoms with Crippen molar-refractivity contribution >= 4 is 32.3 Å². The molecule has 0 radical (unpaired) electrons. The van der Waals surface area contributed by atoms with Crippen LogP contribution in [-0.4, -0.2) is 0 Å². The van der Waals surface area contributed by atoms with E-state index in [-0.39, 0.29) is 0 Å². The van der Waals surface area contributed by atoms with Crippen molar-refractivity contribution in [3.63, 3.8) is 0 Å². The average molecular weight is 286 g/mol. The highest BCUT2D eigenvalue weighted by molar-refractivity contribution is 6.26. The normalized spacial score (nSPS) is 12.1. The minimum Gasteiger partial charge on any atom is -0.0581 e. The summed E-state index contributed by atoms with van der Waals surface area (Å²) in [4.78, 5) is 0. The minimum absolute atomic E-state index is 1.38. The summed E-state index contributed by atoms with van der Waals surface area (Å²) in [5.41, 5.74) is 8.48. The molecule has 0 heteroatoms. The Labute approximate surface area is 132 Å². The second kappa shape index (κ2) is 4.23. The lowest BCUT2D eigenvalue weighted by Crippen LogP contribution is -1.98. The zero-order valence-electron chi connectivity index (χ0n) is 14.3. The molecule has 0 saturated heterocycles. The van der Waals surface area contributed by atoms with Crippen molar-refractivity contribution in [1.82, 2.24) is 0 Å². The van der Waals surface area contributed by atoms with E-state index in [1.807, 2.05) is 0 Å². The van der Waals surface area contributed by atoms with Crippen LogP contribution in [0, 0.1) is 41.5 Å². The summed E-state index contributed by atoms with van der Waals surface area (Å²) in [6, 6.07) is 9.29. The molecule has 0 saturated carbocycles. The monoisotopic (exact) mass is 286 g/mol. The first kappa shape index (κ1) is 13.6.